The molecule has 0 aromatic carbocycles. The zero-order valence-corrected chi connectivity index (χ0v) is 11.4. The largest absolute Gasteiger partial charge is 0.373 e. The van der Waals surface area contributed by atoms with Crippen LogP contribution in [0.25, 0.3) is 0 Å². The average molecular weight is 245 g/mol. The molecule has 0 radical (unpaired) electrons. The Balaban J connectivity index is 2.40. The first-order valence-electron chi connectivity index (χ1n) is 6.16. The lowest BCUT2D eigenvalue weighted by Crippen LogP contribution is -2.09. The van der Waals surface area contributed by atoms with E-state index in [0.717, 1.165) is 41.6 Å². The SMILES string of the molecule is CCc1nc(Cc2nccn2C)c(C)c(NC)n1. The molecule has 2 heterocycles. The van der Waals surface area contributed by atoms with Crippen molar-refractivity contribution in [3.05, 3.63) is 35.3 Å². The summed E-state index contributed by atoms with van der Waals surface area (Å²) in [5.74, 6) is 2.79. The molecule has 0 atom stereocenters. The number of anilines is 1. The number of rotatable bonds is 4. The fourth-order valence-electron chi connectivity index (χ4n) is 1.90. The number of imidazole rings is 1. The first-order chi connectivity index (χ1) is 8.65. The zero-order chi connectivity index (χ0) is 13.1. The van der Waals surface area contributed by atoms with Gasteiger partial charge in [0.25, 0.3) is 0 Å². The van der Waals surface area contributed by atoms with Gasteiger partial charge in [-0.1, -0.05) is 6.92 Å². The minimum Gasteiger partial charge on any atom is -0.373 e. The summed E-state index contributed by atoms with van der Waals surface area (Å²) in [5, 5.41) is 3.13. The molecule has 0 spiro atoms. The van der Waals surface area contributed by atoms with Gasteiger partial charge in [-0.2, -0.15) is 0 Å². The molecule has 0 bridgehead atoms. The summed E-state index contributed by atoms with van der Waals surface area (Å²) < 4.78 is 2.02. The van der Waals surface area contributed by atoms with E-state index in [1.54, 1.807) is 0 Å². The Morgan fingerprint density at radius 2 is 2.11 bits per heavy atom. The van der Waals surface area contributed by atoms with Crippen molar-refractivity contribution in [2.24, 2.45) is 7.05 Å². The molecule has 2 rings (SSSR count). The van der Waals surface area contributed by atoms with Crippen LogP contribution in [-0.2, 0) is 19.9 Å². The number of nitrogens with one attached hydrogen (secondary N) is 1. The summed E-state index contributed by atoms with van der Waals surface area (Å²) in [6, 6.07) is 0. The standard InChI is InChI=1S/C13H19N5/c1-5-11-16-10(9(2)13(14-3)17-11)8-12-15-6-7-18(12)4/h6-7H,5,8H2,1-4H3,(H,14,16,17). The van der Waals surface area contributed by atoms with Crippen LogP contribution in [0.2, 0.25) is 0 Å². The fourth-order valence-corrected chi connectivity index (χ4v) is 1.90. The molecule has 0 saturated carbocycles. The van der Waals surface area contributed by atoms with Crippen molar-refractivity contribution in [3.63, 3.8) is 0 Å². The van der Waals surface area contributed by atoms with Crippen LogP contribution in [0.5, 0.6) is 0 Å². The van der Waals surface area contributed by atoms with E-state index in [2.05, 4.69) is 27.2 Å². The van der Waals surface area contributed by atoms with Crippen LogP contribution in [0.15, 0.2) is 12.4 Å². The molecule has 0 fully saturated rings. The molecule has 5 heteroatoms. The molecule has 0 amide bonds. The molecule has 96 valence electrons. The molecule has 2 aromatic heterocycles. The minimum absolute atomic E-state index is 0.736. The third kappa shape index (κ3) is 2.34. The summed E-state index contributed by atoms with van der Waals surface area (Å²) in [7, 11) is 3.89. The number of aromatic nitrogens is 4. The molecule has 0 aliphatic rings. The van der Waals surface area contributed by atoms with E-state index in [4.69, 9.17) is 0 Å². The molecule has 0 unspecified atom stereocenters. The van der Waals surface area contributed by atoms with Crippen molar-refractivity contribution in [2.75, 3.05) is 12.4 Å². The van der Waals surface area contributed by atoms with Gasteiger partial charge in [-0.3, -0.25) is 0 Å². The monoisotopic (exact) mass is 245 g/mol. The van der Waals surface area contributed by atoms with Gasteiger partial charge in [-0.05, 0) is 6.92 Å². The van der Waals surface area contributed by atoms with Crippen LogP contribution < -0.4 is 5.32 Å². The summed E-state index contributed by atoms with van der Waals surface area (Å²) >= 11 is 0. The van der Waals surface area contributed by atoms with Crippen molar-refractivity contribution >= 4 is 5.82 Å². The van der Waals surface area contributed by atoms with Gasteiger partial charge in [-0.15, -0.1) is 0 Å². The summed E-state index contributed by atoms with van der Waals surface area (Å²) in [6.45, 7) is 4.11. The third-order valence-corrected chi connectivity index (χ3v) is 3.09. The number of hydrogen-bond donors (Lipinski definition) is 1. The Bertz CT molecular complexity index is 544. The fraction of sp³-hybridized carbons (Fsp3) is 0.462. The highest BCUT2D eigenvalue weighted by atomic mass is 15.0. The van der Waals surface area contributed by atoms with Crippen molar-refractivity contribution < 1.29 is 0 Å². The Labute approximate surface area is 107 Å². The number of hydrogen-bond acceptors (Lipinski definition) is 4. The quantitative estimate of drug-likeness (QED) is 0.891. The lowest BCUT2D eigenvalue weighted by molar-refractivity contribution is 0.794. The third-order valence-electron chi connectivity index (χ3n) is 3.09. The average Bonchev–Trinajstić information content (AvgIpc) is 2.77. The van der Waals surface area contributed by atoms with Crippen molar-refractivity contribution in [2.45, 2.75) is 26.7 Å². The van der Waals surface area contributed by atoms with Crippen molar-refractivity contribution in [3.8, 4) is 0 Å². The molecule has 0 aliphatic carbocycles. The highest BCUT2D eigenvalue weighted by Crippen LogP contribution is 2.17. The van der Waals surface area contributed by atoms with Gasteiger partial charge in [0.05, 0.1) is 5.69 Å². The van der Waals surface area contributed by atoms with Crippen LogP contribution in [0.3, 0.4) is 0 Å². The van der Waals surface area contributed by atoms with Gasteiger partial charge in [0.1, 0.15) is 17.5 Å². The molecular formula is C13H19N5. The second-order valence-corrected chi connectivity index (χ2v) is 4.29. The maximum absolute atomic E-state index is 4.61. The lowest BCUT2D eigenvalue weighted by Gasteiger charge is -2.11. The normalized spacial score (nSPS) is 10.7. The number of nitrogens with zero attached hydrogens (tertiary/aromatic N) is 4. The highest BCUT2D eigenvalue weighted by molar-refractivity contribution is 5.45. The maximum atomic E-state index is 4.61. The first kappa shape index (κ1) is 12.5. The summed E-state index contributed by atoms with van der Waals surface area (Å²) in [6.07, 6.45) is 5.33. The van der Waals surface area contributed by atoms with Crippen LogP contribution >= 0.6 is 0 Å². The molecule has 1 N–H and O–H groups in total. The minimum atomic E-state index is 0.736. The molecule has 0 saturated heterocycles. The van der Waals surface area contributed by atoms with Crippen LogP contribution in [-0.4, -0.2) is 26.6 Å². The smallest absolute Gasteiger partial charge is 0.132 e. The van der Waals surface area contributed by atoms with Crippen LogP contribution in [0.1, 0.15) is 29.8 Å². The van der Waals surface area contributed by atoms with Crippen molar-refractivity contribution in [1.29, 1.82) is 0 Å². The van der Waals surface area contributed by atoms with E-state index in [0.29, 0.717) is 0 Å². The van der Waals surface area contributed by atoms with E-state index in [-0.39, 0.29) is 0 Å². The van der Waals surface area contributed by atoms with Gasteiger partial charge in [0.2, 0.25) is 0 Å². The van der Waals surface area contributed by atoms with Crippen molar-refractivity contribution in [1.82, 2.24) is 19.5 Å². The Morgan fingerprint density at radius 1 is 1.33 bits per heavy atom. The summed E-state index contributed by atoms with van der Waals surface area (Å²) in [5.41, 5.74) is 2.14. The second-order valence-electron chi connectivity index (χ2n) is 4.29. The molecule has 5 nitrogen and oxygen atoms in total. The topological polar surface area (TPSA) is 55.6 Å². The molecular weight excluding hydrogens is 226 g/mol. The lowest BCUT2D eigenvalue weighted by atomic mass is 10.1. The van der Waals surface area contributed by atoms with Gasteiger partial charge in [-0.25, -0.2) is 15.0 Å². The van der Waals surface area contributed by atoms with Gasteiger partial charge < -0.3 is 9.88 Å². The summed E-state index contributed by atoms with van der Waals surface area (Å²) in [4.78, 5) is 13.4. The van der Waals surface area contributed by atoms with Gasteiger partial charge in [0.15, 0.2) is 0 Å². The molecule has 0 aliphatic heterocycles. The van der Waals surface area contributed by atoms with E-state index in [9.17, 15) is 0 Å². The van der Waals surface area contributed by atoms with Crippen LogP contribution in [0.4, 0.5) is 5.82 Å². The predicted octanol–water partition coefficient (Wildman–Crippen LogP) is 1.71. The van der Waals surface area contributed by atoms with Gasteiger partial charge in [0, 0.05) is 44.9 Å². The van der Waals surface area contributed by atoms with E-state index < -0.39 is 0 Å². The Hall–Kier alpha value is -1.91. The number of aryl methyl sites for hydroxylation is 2. The Morgan fingerprint density at radius 3 is 2.67 bits per heavy atom. The molecule has 2 aromatic rings. The van der Waals surface area contributed by atoms with E-state index >= 15 is 0 Å². The van der Waals surface area contributed by atoms with Gasteiger partial charge >= 0.3 is 0 Å². The van der Waals surface area contributed by atoms with E-state index in [1.807, 2.05) is 38.0 Å². The Kier molecular flexibility index (Phi) is 3.60. The zero-order valence-electron chi connectivity index (χ0n) is 11.4. The predicted molar refractivity (Wildman–Crippen MR) is 71.7 cm³/mol. The highest BCUT2D eigenvalue weighted by Gasteiger charge is 2.11. The van der Waals surface area contributed by atoms with E-state index in [1.165, 1.54) is 0 Å². The van der Waals surface area contributed by atoms with Crippen LogP contribution in [0, 0.1) is 6.92 Å². The molecule has 18 heavy (non-hydrogen) atoms. The second kappa shape index (κ2) is 5.16. The first-order valence-corrected chi connectivity index (χ1v) is 6.16. The maximum Gasteiger partial charge on any atom is 0.132 e.